The van der Waals surface area contributed by atoms with Crippen molar-refractivity contribution in [2.24, 2.45) is 0 Å². The zero-order valence-corrected chi connectivity index (χ0v) is 13.4. The standard InChI is InChI=1S/C15H20Cl2N2O2/c16-11-15(20)18-13-5-7-19(8-6-13)9-10-21-14-3-1-12(17)2-4-14/h1-4,13H,5-11H2,(H,18,20). The highest BCUT2D eigenvalue weighted by Crippen LogP contribution is 2.16. The first kappa shape index (κ1) is 16.4. The molecule has 1 aliphatic heterocycles. The lowest BCUT2D eigenvalue weighted by molar-refractivity contribution is -0.119. The van der Waals surface area contributed by atoms with Crippen LogP contribution in [0.5, 0.6) is 5.75 Å². The van der Waals surface area contributed by atoms with Gasteiger partial charge in [0.1, 0.15) is 18.2 Å². The summed E-state index contributed by atoms with van der Waals surface area (Å²) in [5.41, 5.74) is 0. The van der Waals surface area contributed by atoms with Crippen LogP contribution in [0, 0.1) is 0 Å². The first-order chi connectivity index (χ1) is 10.2. The van der Waals surface area contributed by atoms with Gasteiger partial charge in [-0.1, -0.05) is 11.6 Å². The van der Waals surface area contributed by atoms with Crippen LogP contribution in [0.15, 0.2) is 24.3 Å². The molecule has 1 amide bonds. The maximum absolute atomic E-state index is 11.2. The Morgan fingerprint density at radius 3 is 2.57 bits per heavy atom. The Hall–Kier alpha value is -0.970. The molecule has 1 fully saturated rings. The summed E-state index contributed by atoms with van der Waals surface area (Å²) >= 11 is 11.3. The van der Waals surface area contributed by atoms with Crippen molar-refractivity contribution in [2.45, 2.75) is 18.9 Å². The van der Waals surface area contributed by atoms with Crippen LogP contribution in [0.25, 0.3) is 0 Å². The lowest BCUT2D eigenvalue weighted by Crippen LogP contribution is -2.45. The van der Waals surface area contributed by atoms with E-state index in [1.54, 1.807) is 0 Å². The number of hydrogen-bond acceptors (Lipinski definition) is 3. The third kappa shape index (κ3) is 5.73. The quantitative estimate of drug-likeness (QED) is 0.815. The van der Waals surface area contributed by atoms with Gasteiger partial charge in [-0.25, -0.2) is 0 Å². The number of piperidine rings is 1. The fourth-order valence-electron chi connectivity index (χ4n) is 2.39. The van der Waals surface area contributed by atoms with E-state index < -0.39 is 0 Å². The van der Waals surface area contributed by atoms with Gasteiger partial charge in [-0.05, 0) is 37.1 Å². The Balaban J connectivity index is 1.62. The van der Waals surface area contributed by atoms with Crippen molar-refractivity contribution in [2.75, 3.05) is 32.1 Å². The zero-order chi connectivity index (χ0) is 15.1. The molecular weight excluding hydrogens is 311 g/mol. The predicted molar refractivity (Wildman–Crippen MR) is 85.3 cm³/mol. The molecule has 0 unspecified atom stereocenters. The molecule has 6 heteroatoms. The van der Waals surface area contributed by atoms with E-state index in [1.165, 1.54) is 0 Å². The highest BCUT2D eigenvalue weighted by atomic mass is 35.5. The van der Waals surface area contributed by atoms with Crippen LogP contribution >= 0.6 is 23.2 Å². The van der Waals surface area contributed by atoms with Gasteiger partial charge in [0.15, 0.2) is 0 Å². The number of amides is 1. The van der Waals surface area contributed by atoms with E-state index in [-0.39, 0.29) is 17.8 Å². The molecule has 2 rings (SSSR count). The number of carbonyl (C=O) groups excluding carboxylic acids is 1. The van der Waals surface area contributed by atoms with Gasteiger partial charge in [0.25, 0.3) is 0 Å². The van der Waals surface area contributed by atoms with Crippen molar-refractivity contribution in [3.63, 3.8) is 0 Å². The fraction of sp³-hybridized carbons (Fsp3) is 0.533. The van der Waals surface area contributed by atoms with Crippen molar-refractivity contribution in [3.05, 3.63) is 29.3 Å². The average Bonchev–Trinajstić information content (AvgIpc) is 2.51. The summed E-state index contributed by atoms with van der Waals surface area (Å²) in [6, 6.07) is 7.64. The van der Waals surface area contributed by atoms with Crippen LogP contribution in [0.4, 0.5) is 0 Å². The van der Waals surface area contributed by atoms with E-state index in [0.717, 1.165) is 38.2 Å². The number of alkyl halides is 1. The third-order valence-electron chi connectivity index (χ3n) is 3.56. The van der Waals surface area contributed by atoms with Gasteiger partial charge in [0.05, 0.1) is 0 Å². The van der Waals surface area contributed by atoms with E-state index in [0.29, 0.717) is 11.6 Å². The van der Waals surface area contributed by atoms with Crippen molar-refractivity contribution < 1.29 is 9.53 Å². The van der Waals surface area contributed by atoms with Crippen molar-refractivity contribution in [1.29, 1.82) is 0 Å². The summed E-state index contributed by atoms with van der Waals surface area (Å²) in [6.07, 6.45) is 1.92. The average molecular weight is 331 g/mol. The van der Waals surface area contributed by atoms with Crippen molar-refractivity contribution >= 4 is 29.1 Å². The maximum Gasteiger partial charge on any atom is 0.235 e. The lowest BCUT2D eigenvalue weighted by Gasteiger charge is -2.32. The number of halogens is 2. The smallest absolute Gasteiger partial charge is 0.235 e. The van der Waals surface area contributed by atoms with Gasteiger partial charge >= 0.3 is 0 Å². The minimum absolute atomic E-state index is 0.0369. The molecule has 1 N–H and O–H groups in total. The van der Waals surface area contributed by atoms with Gasteiger partial charge in [-0.15, -0.1) is 11.6 Å². The van der Waals surface area contributed by atoms with Gasteiger partial charge in [-0.2, -0.15) is 0 Å². The number of benzene rings is 1. The van der Waals surface area contributed by atoms with Gasteiger partial charge in [0.2, 0.25) is 5.91 Å². The number of carbonyl (C=O) groups is 1. The fourth-order valence-corrected chi connectivity index (χ4v) is 2.59. The van der Waals surface area contributed by atoms with Crippen LogP contribution in [-0.4, -0.2) is 49.0 Å². The second-order valence-electron chi connectivity index (χ2n) is 5.12. The second kappa shape index (κ2) is 8.47. The van der Waals surface area contributed by atoms with Gasteiger partial charge < -0.3 is 10.1 Å². The molecule has 1 heterocycles. The number of ether oxygens (including phenoxy) is 1. The summed E-state index contributed by atoms with van der Waals surface area (Å²) in [5, 5.41) is 3.65. The third-order valence-corrected chi connectivity index (χ3v) is 4.06. The van der Waals surface area contributed by atoms with E-state index in [4.69, 9.17) is 27.9 Å². The Morgan fingerprint density at radius 2 is 1.95 bits per heavy atom. The van der Waals surface area contributed by atoms with Crippen LogP contribution in [0.3, 0.4) is 0 Å². The van der Waals surface area contributed by atoms with Gasteiger partial charge in [-0.3, -0.25) is 9.69 Å². The minimum atomic E-state index is -0.0822. The van der Waals surface area contributed by atoms with Crippen LogP contribution in [0.1, 0.15) is 12.8 Å². The minimum Gasteiger partial charge on any atom is -0.492 e. The number of likely N-dealkylation sites (tertiary alicyclic amines) is 1. The molecule has 21 heavy (non-hydrogen) atoms. The number of nitrogens with zero attached hydrogens (tertiary/aromatic N) is 1. The molecule has 0 bridgehead atoms. The van der Waals surface area contributed by atoms with Crippen LogP contribution < -0.4 is 10.1 Å². The van der Waals surface area contributed by atoms with Gasteiger partial charge in [0, 0.05) is 30.7 Å². The normalized spacial score (nSPS) is 16.7. The summed E-state index contributed by atoms with van der Waals surface area (Å²) in [7, 11) is 0. The SMILES string of the molecule is O=C(CCl)NC1CCN(CCOc2ccc(Cl)cc2)CC1. The van der Waals surface area contributed by atoms with E-state index in [1.807, 2.05) is 24.3 Å². The first-order valence-electron chi connectivity index (χ1n) is 7.13. The summed E-state index contributed by atoms with van der Waals surface area (Å²) < 4.78 is 5.69. The van der Waals surface area contributed by atoms with Crippen molar-refractivity contribution in [1.82, 2.24) is 10.2 Å². The first-order valence-corrected chi connectivity index (χ1v) is 8.04. The van der Waals surface area contributed by atoms with Crippen molar-refractivity contribution in [3.8, 4) is 5.75 Å². The molecule has 0 atom stereocenters. The monoisotopic (exact) mass is 330 g/mol. The highest BCUT2D eigenvalue weighted by molar-refractivity contribution is 6.30. The molecular formula is C15H20Cl2N2O2. The molecule has 0 spiro atoms. The van der Waals surface area contributed by atoms with E-state index in [2.05, 4.69) is 10.2 Å². The highest BCUT2D eigenvalue weighted by Gasteiger charge is 2.20. The Morgan fingerprint density at radius 1 is 1.29 bits per heavy atom. The lowest BCUT2D eigenvalue weighted by atomic mass is 10.1. The molecule has 0 aliphatic carbocycles. The maximum atomic E-state index is 11.2. The summed E-state index contributed by atoms with van der Waals surface area (Å²) in [5.74, 6) is 0.791. The Labute approximate surface area is 135 Å². The molecule has 0 aromatic heterocycles. The predicted octanol–water partition coefficient (Wildman–Crippen LogP) is 2.54. The number of rotatable bonds is 6. The zero-order valence-electron chi connectivity index (χ0n) is 11.9. The molecule has 1 saturated heterocycles. The Bertz CT molecular complexity index is 445. The molecule has 1 aliphatic rings. The summed E-state index contributed by atoms with van der Waals surface area (Å²) in [6.45, 7) is 3.48. The molecule has 1 aromatic rings. The Kier molecular flexibility index (Phi) is 6.61. The van der Waals surface area contributed by atoms with E-state index >= 15 is 0 Å². The summed E-state index contributed by atoms with van der Waals surface area (Å²) in [4.78, 5) is 13.6. The van der Waals surface area contributed by atoms with Crippen LogP contribution in [0.2, 0.25) is 5.02 Å². The number of nitrogens with one attached hydrogen (secondary N) is 1. The van der Waals surface area contributed by atoms with Crippen LogP contribution in [-0.2, 0) is 4.79 Å². The second-order valence-corrected chi connectivity index (χ2v) is 5.82. The molecule has 1 aromatic carbocycles. The molecule has 4 nitrogen and oxygen atoms in total. The molecule has 116 valence electrons. The molecule has 0 radical (unpaired) electrons. The molecule has 0 saturated carbocycles. The topological polar surface area (TPSA) is 41.6 Å². The van der Waals surface area contributed by atoms with E-state index in [9.17, 15) is 4.79 Å². The number of hydrogen-bond donors (Lipinski definition) is 1. The largest absolute Gasteiger partial charge is 0.492 e.